The summed E-state index contributed by atoms with van der Waals surface area (Å²) in [5.41, 5.74) is 6.91. The first-order chi connectivity index (χ1) is 16.7. The van der Waals surface area contributed by atoms with Gasteiger partial charge in [-0.05, 0) is 35.5 Å². The summed E-state index contributed by atoms with van der Waals surface area (Å²) >= 11 is 0. The number of hydrogen-bond donors (Lipinski definition) is 0. The van der Waals surface area contributed by atoms with Crippen molar-refractivity contribution in [2.45, 2.75) is 19.8 Å². The zero-order valence-electron chi connectivity index (χ0n) is 19.5. The van der Waals surface area contributed by atoms with Crippen molar-refractivity contribution in [2.75, 3.05) is 0 Å². The molecule has 0 unspecified atom stereocenters. The summed E-state index contributed by atoms with van der Waals surface area (Å²) in [7, 11) is 0. The number of para-hydroxylation sites is 1. The van der Waals surface area contributed by atoms with E-state index in [0.717, 1.165) is 44.5 Å². The number of fused-ring (bicyclic) bond motifs is 3. The molecule has 0 saturated carbocycles. The van der Waals surface area contributed by atoms with E-state index in [1.165, 1.54) is 5.56 Å². The van der Waals surface area contributed by atoms with Gasteiger partial charge in [-0.25, -0.2) is 0 Å². The Balaban J connectivity index is 0.000000165. The maximum absolute atomic E-state index is 5.97. The third kappa shape index (κ3) is 5.40. The Bertz CT molecular complexity index is 1530. The van der Waals surface area contributed by atoms with Crippen molar-refractivity contribution in [1.82, 2.24) is 9.97 Å². The molecule has 35 heavy (non-hydrogen) atoms. The molecule has 175 valence electrons. The van der Waals surface area contributed by atoms with Gasteiger partial charge in [0.15, 0.2) is 0 Å². The average molecular weight is 633 g/mol. The van der Waals surface area contributed by atoms with Crippen molar-refractivity contribution in [2.24, 2.45) is 0 Å². The largest absolute Gasteiger partial charge is 0.501 e. The van der Waals surface area contributed by atoms with Crippen LogP contribution < -0.4 is 0 Å². The Labute approximate surface area is 219 Å². The van der Waals surface area contributed by atoms with Gasteiger partial charge in [0.05, 0.1) is 5.58 Å². The van der Waals surface area contributed by atoms with Gasteiger partial charge in [-0.2, -0.15) is 0 Å². The maximum atomic E-state index is 5.97. The first-order valence-electron chi connectivity index (χ1n) is 11.4. The Morgan fingerprint density at radius 3 is 2.29 bits per heavy atom. The standard InChI is InChI=1S/C17H10NO.C14H14N.Ir/c1-2-10-16-12(6-1)13-7-5-8-14(17(13)19-16)15-9-3-4-11-18-15;1-11(2)13-8-9-15-14(10-13)12-6-4-3-5-7-12;/h1-7,9-11H;3-6,8-11H,1-2H3;/q2*-1;. The molecular weight excluding hydrogens is 609 g/mol. The second-order valence-electron chi connectivity index (χ2n) is 8.31. The number of furan rings is 1. The van der Waals surface area contributed by atoms with Gasteiger partial charge in [0.25, 0.3) is 0 Å². The molecule has 6 aromatic rings. The molecule has 3 nitrogen and oxygen atoms in total. The van der Waals surface area contributed by atoms with Crippen LogP contribution in [0, 0.1) is 12.1 Å². The number of hydrogen-bond acceptors (Lipinski definition) is 3. The molecule has 3 aromatic carbocycles. The van der Waals surface area contributed by atoms with E-state index in [-0.39, 0.29) is 20.1 Å². The van der Waals surface area contributed by atoms with Gasteiger partial charge in [-0.1, -0.05) is 66.8 Å². The van der Waals surface area contributed by atoms with Crippen LogP contribution in [0.3, 0.4) is 0 Å². The Morgan fingerprint density at radius 2 is 1.51 bits per heavy atom. The third-order valence-corrected chi connectivity index (χ3v) is 5.70. The monoisotopic (exact) mass is 633 g/mol. The molecule has 0 atom stereocenters. The van der Waals surface area contributed by atoms with Gasteiger partial charge in [-0.3, -0.25) is 0 Å². The van der Waals surface area contributed by atoms with E-state index >= 15 is 0 Å². The molecule has 0 amide bonds. The summed E-state index contributed by atoms with van der Waals surface area (Å²) in [5.74, 6) is 0.537. The predicted octanol–water partition coefficient (Wildman–Crippen LogP) is 8.12. The topological polar surface area (TPSA) is 38.9 Å². The molecule has 0 saturated heterocycles. The average Bonchev–Trinajstić information content (AvgIpc) is 3.29. The van der Waals surface area contributed by atoms with E-state index in [9.17, 15) is 0 Å². The summed E-state index contributed by atoms with van der Waals surface area (Å²) in [6.07, 6.45) is 3.65. The van der Waals surface area contributed by atoms with Crippen LogP contribution in [0.4, 0.5) is 0 Å². The van der Waals surface area contributed by atoms with Crippen molar-refractivity contribution >= 4 is 21.9 Å². The molecule has 6 rings (SSSR count). The fraction of sp³-hybridized carbons (Fsp3) is 0.0968. The van der Waals surface area contributed by atoms with Gasteiger partial charge in [0, 0.05) is 37.9 Å². The minimum atomic E-state index is 0. The number of benzene rings is 3. The number of nitrogens with zero attached hydrogens (tertiary/aromatic N) is 2. The van der Waals surface area contributed by atoms with Crippen molar-refractivity contribution in [3.8, 4) is 22.5 Å². The number of rotatable bonds is 3. The van der Waals surface area contributed by atoms with Crippen molar-refractivity contribution in [3.05, 3.63) is 121 Å². The molecule has 0 fully saturated rings. The Hall–Kier alpha value is -3.59. The summed E-state index contributed by atoms with van der Waals surface area (Å²) in [6.45, 7) is 4.38. The van der Waals surface area contributed by atoms with E-state index in [4.69, 9.17) is 4.42 Å². The first kappa shape index (κ1) is 24.5. The van der Waals surface area contributed by atoms with Crippen molar-refractivity contribution in [3.63, 3.8) is 0 Å². The van der Waals surface area contributed by atoms with Gasteiger partial charge in [-0.15, -0.1) is 54.1 Å². The van der Waals surface area contributed by atoms with Crippen LogP contribution in [0.25, 0.3) is 44.5 Å². The zero-order chi connectivity index (χ0) is 23.3. The van der Waals surface area contributed by atoms with E-state index in [1.807, 2.05) is 79.0 Å². The van der Waals surface area contributed by atoms with Crippen LogP contribution in [-0.4, -0.2) is 9.97 Å². The second kappa shape index (κ2) is 11.2. The van der Waals surface area contributed by atoms with E-state index < -0.39 is 0 Å². The molecule has 0 aliphatic rings. The molecule has 0 spiro atoms. The molecule has 0 aliphatic heterocycles. The molecule has 3 aromatic heterocycles. The van der Waals surface area contributed by atoms with E-state index in [2.05, 4.69) is 54.1 Å². The van der Waals surface area contributed by atoms with Crippen LogP contribution in [-0.2, 0) is 20.1 Å². The zero-order valence-corrected chi connectivity index (χ0v) is 21.9. The van der Waals surface area contributed by atoms with Crippen LogP contribution >= 0.6 is 0 Å². The molecule has 0 aliphatic carbocycles. The fourth-order valence-corrected chi connectivity index (χ4v) is 3.90. The third-order valence-electron chi connectivity index (χ3n) is 5.70. The minimum Gasteiger partial charge on any atom is -0.501 e. The molecule has 3 heterocycles. The summed E-state index contributed by atoms with van der Waals surface area (Å²) < 4.78 is 5.97. The maximum Gasteiger partial charge on any atom is 0.120 e. The molecule has 1 radical (unpaired) electrons. The quantitative estimate of drug-likeness (QED) is 0.185. The molecule has 0 N–H and O–H groups in total. The van der Waals surface area contributed by atoms with Crippen molar-refractivity contribution in [1.29, 1.82) is 0 Å². The van der Waals surface area contributed by atoms with E-state index in [0.29, 0.717) is 5.92 Å². The van der Waals surface area contributed by atoms with Crippen LogP contribution in [0.5, 0.6) is 0 Å². The smallest absolute Gasteiger partial charge is 0.120 e. The normalized spacial score (nSPS) is 10.6. The van der Waals surface area contributed by atoms with Gasteiger partial charge >= 0.3 is 0 Å². The summed E-state index contributed by atoms with van der Waals surface area (Å²) in [6, 6.07) is 36.4. The predicted molar refractivity (Wildman–Crippen MR) is 138 cm³/mol. The van der Waals surface area contributed by atoms with E-state index in [1.54, 1.807) is 6.20 Å². The molecule has 0 bridgehead atoms. The van der Waals surface area contributed by atoms with Crippen LogP contribution in [0.1, 0.15) is 25.3 Å². The van der Waals surface area contributed by atoms with Gasteiger partial charge in [0.2, 0.25) is 0 Å². The minimum absolute atomic E-state index is 0. The first-order valence-corrected chi connectivity index (χ1v) is 11.4. The second-order valence-corrected chi connectivity index (χ2v) is 8.31. The van der Waals surface area contributed by atoms with Gasteiger partial charge in [0.1, 0.15) is 5.58 Å². The Morgan fingerprint density at radius 1 is 0.714 bits per heavy atom. The summed E-state index contributed by atoms with van der Waals surface area (Å²) in [4.78, 5) is 8.74. The van der Waals surface area contributed by atoms with Crippen molar-refractivity contribution < 1.29 is 24.5 Å². The number of aromatic nitrogens is 2. The Kier molecular flexibility index (Phi) is 7.87. The summed E-state index contributed by atoms with van der Waals surface area (Å²) in [5, 5.41) is 2.23. The van der Waals surface area contributed by atoms with Crippen LogP contribution in [0.2, 0.25) is 0 Å². The van der Waals surface area contributed by atoms with Crippen LogP contribution in [0.15, 0.2) is 108 Å². The SMILES string of the molecule is CC(C)c1ccnc(-c2[c-]cccc2)c1.[Ir].[c-]1ccc2c(oc3ccccc32)c1-c1ccccn1. The number of pyridine rings is 2. The fourth-order valence-electron chi connectivity index (χ4n) is 3.90. The molecule has 4 heteroatoms. The molecular formula is C31H24IrN2O-2. The van der Waals surface area contributed by atoms with Gasteiger partial charge < -0.3 is 14.4 Å².